The number of hydrogen-bond donors (Lipinski definition) is 1. The molecule has 0 spiro atoms. The van der Waals surface area contributed by atoms with Crippen molar-refractivity contribution < 1.29 is 0 Å². The Labute approximate surface area is 112 Å². The smallest absolute Gasteiger partial charge is 0.0931 e. The SMILES string of the molecule is CNCC1CCN(Cc2ccc(Cl)s2)C1.Cl. The summed E-state index contributed by atoms with van der Waals surface area (Å²) in [5.74, 6) is 0.824. The summed E-state index contributed by atoms with van der Waals surface area (Å²) in [5, 5.41) is 3.25. The predicted octanol–water partition coefficient (Wildman–Crippen LogP) is 2.86. The van der Waals surface area contributed by atoms with Gasteiger partial charge in [0, 0.05) is 18.0 Å². The monoisotopic (exact) mass is 280 g/mol. The number of likely N-dealkylation sites (tertiary alicyclic amines) is 1. The summed E-state index contributed by atoms with van der Waals surface area (Å²) in [6.45, 7) is 4.65. The zero-order valence-corrected chi connectivity index (χ0v) is 11.8. The van der Waals surface area contributed by atoms with Gasteiger partial charge in [0.05, 0.1) is 4.34 Å². The molecule has 1 N–H and O–H groups in total. The summed E-state index contributed by atoms with van der Waals surface area (Å²) >= 11 is 7.61. The van der Waals surface area contributed by atoms with Crippen LogP contribution in [0.25, 0.3) is 0 Å². The molecule has 2 nitrogen and oxygen atoms in total. The maximum absolute atomic E-state index is 5.91. The van der Waals surface area contributed by atoms with Gasteiger partial charge in [0.1, 0.15) is 0 Å². The van der Waals surface area contributed by atoms with Crippen LogP contribution in [0.15, 0.2) is 12.1 Å². The lowest BCUT2D eigenvalue weighted by Crippen LogP contribution is -2.24. The topological polar surface area (TPSA) is 15.3 Å². The molecule has 0 bridgehead atoms. The summed E-state index contributed by atoms with van der Waals surface area (Å²) in [6, 6.07) is 4.13. The van der Waals surface area contributed by atoms with Gasteiger partial charge >= 0.3 is 0 Å². The van der Waals surface area contributed by atoms with Crippen LogP contribution in [-0.4, -0.2) is 31.6 Å². The van der Waals surface area contributed by atoms with Gasteiger partial charge in [0.15, 0.2) is 0 Å². The summed E-state index contributed by atoms with van der Waals surface area (Å²) in [7, 11) is 2.03. The minimum Gasteiger partial charge on any atom is -0.319 e. The first-order valence-electron chi connectivity index (χ1n) is 5.39. The molecule has 2 rings (SSSR count). The molecule has 0 aromatic carbocycles. The number of thiophene rings is 1. The maximum Gasteiger partial charge on any atom is 0.0931 e. The zero-order valence-electron chi connectivity index (χ0n) is 9.41. The van der Waals surface area contributed by atoms with Crippen molar-refractivity contribution >= 4 is 35.3 Å². The molecule has 1 aromatic heterocycles. The van der Waals surface area contributed by atoms with E-state index in [1.54, 1.807) is 11.3 Å². The first-order valence-corrected chi connectivity index (χ1v) is 6.58. The first kappa shape index (κ1) is 14.3. The van der Waals surface area contributed by atoms with Gasteiger partial charge in [-0.2, -0.15) is 0 Å². The van der Waals surface area contributed by atoms with E-state index in [1.165, 1.54) is 24.4 Å². The van der Waals surface area contributed by atoms with Crippen molar-refractivity contribution in [1.29, 1.82) is 0 Å². The molecule has 1 aromatic rings. The highest BCUT2D eigenvalue weighted by Crippen LogP contribution is 2.25. The fourth-order valence-corrected chi connectivity index (χ4v) is 3.30. The van der Waals surface area contributed by atoms with Crippen LogP contribution in [0, 0.1) is 5.92 Å². The van der Waals surface area contributed by atoms with Crippen molar-refractivity contribution in [3.05, 3.63) is 21.3 Å². The molecular weight excluding hydrogens is 263 g/mol. The third-order valence-corrected chi connectivity index (χ3v) is 4.09. The molecule has 92 valence electrons. The minimum atomic E-state index is 0. The maximum atomic E-state index is 5.91. The van der Waals surface area contributed by atoms with E-state index in [-0.39, 0.29) is 12.4 Å². The van der Waals surface area contributed by atoms with E-state index in [4.69, 9.17) is 11.6 Å². The Bertz CT molecular complexity index is 317. The molecule has 0 radical (unpaired) electrons. The average Bonchev–Trinajstić information content (AvgIpc) is 2.78. The van der Waals surface area contributed by atoms with E-state index in [9.17, 15) is 0 Å². The van der Waals surface area contributed by atoms with E-state index in [1.807, 2.05) is 13.1 Å². The standard InChI is InChI=1S/C11H17ClN2S.ClH/c1-13-6-9-4-5-14(7-9)8-10-2-3-11(12)15-10;/h2-3,9,13H,4-8H2,1H3;1H. The zero-order chi connectivity index (χ0) is 10.7. The second kappa shape index (κ2) is 6.82. The van der Waals surface area contributed by atoms with Gasteiger partial charge in [-0.25, -0.2) is 0 Å². The second-order valence-electron chi connectivity index (χ2n) is 4.15. The Morgan fingerprint density at radius 3 is 3.00 bits per heavy atom. The summed E-state index contributed by atoms with van der Waals surface area (Å²) in [6.07, 6.45) is 1.32. The second-order valence-corrected chi connectivity index (χ2v) is 5.95. The average molecular weight is 281 g/mol. The van der Waals surface area contributed by atoms with Crippen molar-refractivity contribution in [2.45, 2.75) is 13.0 Å². The Morgan fingerprint density at radius 2 is 2.38 bits per heavy atom. The van der Waals surface area contributed by atoms with Crippen LogP contribution in [0.5, 0.6) is 0 Å². The Hall–Kier alpha value is 0.200. The highest BCUT2D eigenvalue weighted by atomic mass is 35.5. The van der Waals surface area contributed by atoms with Gasteiger partial charge in [-0.1, -0.05) is 11.6 Å². The van der Waals surface area contributed by atoms with Gasteiger partial charge in [-0.15, -0.1) is 23.7 Å². The van der Waals surface area contributed by atoms with Gasteiger partial charge in [0.2, 0.25) is 0 Å². The van der Waals surface area contributed by atoms with Crippen molar-refractivity contribution in [3.63, 3.8) is 0 Å². The highest BCUT2D eigenvalue weighted by Gasteiger charge is 2.21. The number of halogens is 2. The van der Waals surface area contributed by atoms with Crippen molar-refractivity contribution in [1.82, 2.24) is 10.2 Å². The molecule has 1 aliphatic heterocycles. The molecule has 1 fully saturated rings. The predicted molar refractivity (Wildman–Crippen MR) is 73.9 cm³/mol. The number of nitrogens with one attached hydrogen (secondary N) is 1. The van der Waals surface area contributed by atoms with E-state index in [2.05, 4.69) is 16.3 Å². The molecule has 1 aliphatic rings. The summed E-state index contributed by atoms with van der Waals surface area (Å²) in [5.41, 5.74) is 0. The molecule has 1 atom stereocenters. The lowest BCUT2D eigenvalue weighted by Gasteiger charge is -2.14. The molecular formula is C11H18Cl2N2S. The minimum absolute atomic E-state index is 0. The lowest BCUT2D eigenvalue weighted by atomic mass is 10.1. The van der Waals surface area contributed by atoms with Crippen LogP contribution in [0.2, 0.25) is 4.34 Å². The molecule has 0 saturated carbocycles. The van der Waals surface area contributed by atoms with Gasteiger partial charge in [-0.05, 0) is 44.6 Å². The lowest BCUT2D eigenvalue weighted by molar-refractivity contribution is 0.318. The molecule has 0 aliphatic carbocycles. The fraction of sp³-hybridized carbons (Fsp3) is 0.636. The van der Waals surface area contributed by atoms with Gasteiger partial charge < -0.3 is 5.32 Å². The van der Waals surface area contributed by atoms with Crippen molar-refractivity contribution in [2.24, 2.45) is 5.92 Å². The molecule has 1 unspecified atom stereocenters. The van der Waals surface area contributed by atoms with E-state index in [0.29, 0.717) is 0 Å². The first-order chi connectivity index (χ1) is 7.28. The third kappa shape index (κ3) is 3.90. The van der Waals surface area contributed by atoms with E-state index < -0.39 is 0 Å². The van der Waals surface area contributed by atoms with E-state index in [0.717, 1.165) is 23.3 Å². The normalized spacial score (nSPS) is 21.0. The quantitative estimate of drug-likeness (QED) is 0.913. The van der Waals surface area contributed by atoms with Crippen LogP contribution < -0.4 is 5.32 Å². The van der Waals surface area contributed by atoms with E-state index >= 15 is 0 Å². The molecule has 1 saturated heterocycles. The molecule has 5 heteroatoms. The molecule has 0 amide bonds. The van der Waals surface area contributed by atoms with Crippen LogP contribution in [0.3, 0.4) is 0 Å². The summed E-state index contributed by atoms with van der Waals surface area (Å²) < 4.78 is 0.899. The van der Waals surface area contributed by atoms with Crippen molar-refractivity contribution in [2.75, 3.05) is 26.7 Å². The fourth-order valence-electron chi connectivity index (χ4n) is 2.17. The Morgan fingerprint density at radius 1 is 1.56 bits per heavy atom. The molecule has 16 heavy (non-hydrogen) atoms. The summed E-state index contributed by atoms with van der Waals surface area (Å²) in [4.78, 5) is 3.90. The van der Waals surface area contributed by atoms with Crippen LogP contribution in [0.1, 0.15) is 11.3 Å². The number of hydrogen-bond acceptors (Lipinski definition) is 3. The van der Waals surface area contributed by atoms with Crippen LogP contribution in [-0.2, 0) is 6.54 Å². The number of rotatable bonds is 4. The largest absolute Gasteiger partial charge is 0.319 e. The van der Waals surface area contributed by atoms with Crippen molar-refractivity contribution in [3.8, 4) is 0 Å². The van der Waals surface area contributed by atoms with Gasteiger partial charge in [-0.3, -0.25) is 4.90 Å². The Balaban J connectivity index is 0.00000128. The number of nitrogens with zero attached hydrogens (tertiary/aromatic N) is 1. The highest BCUT2D eigenvalue weighted by molar-refractivity contribution is 7.16. The third-order valence-electron chi connectivity index (χ3n) is 2.87. The van der Waals surface area contributed by atoms with Crippen LogP contribution >= 0.6 is 35.3 Å². The molecule has 2 heterocycles. The Kier molecular flexibility index (Phi) is 6.08. The van der Waals surface area contributed by atoms with Crippen LogP contribution in [0.4, 0.5) is 0 Å². The van der Waals surface area contributed by atoms with Gasteiger partial charge in [0.25, 0.3) is 0 Å².